The van der Waals surface area contributed by atoms with E-state index in [4.69, 9.17) is 11.6 Å². The molecule has 1 aromatic carbocycles. The Balaban J connectivity index is -0.000000994. The molecule has 1 saturated heterocycles. The summed E-state index contributed by atoms with van der Waals surface area (Å²) in [7, 11) is 0. The molecule has 1 aromatic rings. The summed E-state index contributed by atoms with van der Waals surface area (Å²) in [6, 6.07) is 6.87. The molecule has 7 N–H and O–H groups in total. The molecule has 0 saturated carbocycles. The largest absolute Gasteiger partial charge is 0.514 e. The summed E-state index contributed by atoms with van der Waals surface area (Å²) in [5.41, 5.74) is 7.78. The van der Waals surface area contributed by atoms with Crippen LogP contribution in [0, 0.1) is 10.8 Å². The maximum absolute atomic E-state index is 12.8. The van der Waals surface area contributed by atoms with Crippen LogP contribution in [-0.4, -0.2) is 66.2 Å². The SMILES string of the molecule is CC.CCC.CCC1(C)CC(=O)N(C(C)(C)CC(C)(C)C(=O)NCC(=O)NCCCC[N-]ON)C(=O)C1.NC(=O)OCc1ccc(NC=O)cc1.[Y]. The predicted octanol–water partition coefficient (Wildman–Crippen LogP) is 5.23. The van der Waals surface area contributed by atoms with E-state index in [2.05, 4.69) is 45.0 Å². The molecule has 0 bridgehead atoms. The van der Waals surface area contributed by atoms with E-state index in [-0.39, 0.29) is 81.3 Å². The van der Waals surface area contributed by atoms with Gasteiger partial charge in [-0.15, -0.1) is 6.54 Å². The second-order valence-electron chi connectivity index (χ2n) is 13.5. The van der Waals surface area contributed by atoms with E-state index in [0.29, 0.717) is 44.4 Å². The second-order valence-corrected chi connectivity index (χ2v) is 13.5. The maximum Gasteiger partial charge on any atom is 0.404 e. The van der Waals surface area contributed by atoms with Gasteiger partial charge in [-0.05, 0) is 56.2 Å². The van der Waals surface area contributed by atoms with Crippen LogP contribution in [0.1, 0.15) is 120 Å². The van der Waals surface area contributed by atoms with Gasteiger partial charge in [-0.3, -0.25) is 28.9 Å². The van der Waals surface area contributed by atoms with Crippen molar-refractivity contribution >= 4 is 41.8 Å². The topological polar surface area (TPSA) is 226 Å². The number of likely N-dealkylation sites (tertiary alicyclic amines) is 1. The van der Waals surface area contributed by atoms with Crippen LogP contribution >= 0.6 is 0 Å². The zero-order chi connectivity index (χ0) is 39.7. The fraction of sp³-hybridized carbons (Fsp3) is 0.667. The molecule has 1 radical (unpaired) electrons. The van der Waals surface area contributed by atoms with Gasteiger partial charge in [-0.2, -0.15) is 0 Å². The Kier molecular flexibility index (Phi) is 29.3. The van der Waals surface area contributed by atoms with Crippen molar-refractivity contribution in [3.05, 3.63) is 35.3 Å². The third-order valence-corrected chi connectivity index (χ3v) is 7.65. The van der Waals surface area contributed by atoms with Crippen LogP contribution in [0.2, 0.25) is 0 Å². The third-order valence-electron chi connectivity index (χ3n) is 7.65. The van der Waals surface area contributed by atoms with Gasteiger partial charge in [0, 0.05) is 68.7 Å². The molecule has 52 heavy (non-hydrogen) atoms. The number of unbranched alkanes of at least 4 members (excludes halogenated alkanes) is 1. The molecule has 0 aromatic heterocycles. The number of hydroxylamine groups is 1. The van der Waals surface area contributed by atoms with Gasteiger partial charge < -0.3 is 36.8 Å². The number of piperidine rings is 1. The minimum Gasteiger partial charge on any atom is -0.514 e. The number of nitrogens with zero attached hydrogens (tertiary/aromatic N) is 2. The number of carbonyl (C=O) groups excluding carboxylic acids is 6. The number of anilines is 1. The summed E-state index contributed by atoms with van der Waals surface area (Å²) in [4.78, 5) is 76.2. The minimum absolute atomic E-state index is 0. The summed E-state index contributed by atoms with van der Waals surface area (Å²) < 4.78 is 4.58. The monoisotopic (exact) mass is 811 g/mol. The zero-order valence-corrected chi connectivity index (χ0v) is 35.9. The van der Waals surface area contributed by atoms with Crippen molar-refractivity contribution in [3.63, 3.8) is 0 Å². The van der Waals surface area contributed by atoms with Crippen LogP contribution in [0.25, 0.3) is 5.48 Å². The van der Waals surface area contributed by atoms with Crippen LogP contribution in [0.15, 0.2) is 24.3 Å². The van der Waals surface area contributed by atoms with Gasteiger partial charge in [0.15, 0.2) is 0 Å². The summed E-state index contributed by atoms with van der Waals surface area (Å²) in [6.45, 7) is 20.2. The van der Waals surface area contributed by atoms with Crippen molar-refractivity contribution in [1.29, 1.82) is 0 Å². The van der Waals surface area contributed by atoms with E-state index >= 15 is 0 Å². The van der Waals surface area contributed by atoms with Crippen LogP contribution in [-0.2, 0) is 73.0 Å². The Morgan fingerprint density at radius 3 is 1.98 bits per heavy atom. The number of carbonyl (C=O) groups is 6. The number of hydrogen-bond acceptors (Lipinski definition) is 9. The van der Waals surface area contributed by atoms with E-state index in [1.165, 1.54) is 11.3 Å². The molecule has 295 valence electrons. The molecule has 16 heteroatoms. The molecule has 1 aliphatic heterocycles. The van der Waals surface area contributed by atoms with Crippen LogP contribution in [0.5, 0.6) is 0 Å². The summed E-state index contributed by atoms with van der Waals surface area (Å²) >= 11 is 0. The van der Waals surface area contributed by atoms with Crippen molar-refractivity contribution in [2.24, 2.45) is 22.5 Å². The average molecular weight is 812 g/mol. The van der Waals surface area contributed by atoms with Gasteiger partial charge in [0.2, 0.25) is 30.0 Å². The van der Waals surface area contributed by atoms with E-state index in [9.17, 15) is 28.8 Å². The molecule has 0 atom stereocenters. The first kappa shape index (κ1) is 53.4. The third kappa shape index (κ3) is 22.2. The number of nitrogens with two attached hydrogens (primary N) is 2. The molecule has 15 nitrogen and oxygen atoms in total. The Morgan fingerprint density at radius 2 is 1.52 bits per heavy atom. The summed E-state index contributed by atoms with van der Waals surface area (Å²) in [5.74, 6) is 3.80. The first-order valence-electron chi connectivity index (χ1n) is 17.6. The number of rotatable bonds is 17. The molecule has 2 rings (SSSR count). The van der Waals surface area contributed by atoms with Crippen molar-refractivity contribution < 1.29 is 71.2 Å². The number of primary amides is 1. The fourth-order valence-electron chi connectivity index (χ4n) is 5.22. The van der Waals surface area contributed by atoms with Gasteiger partial charge >= 0.3 is 6.09 Å². The number of imide groups is 1. The Labute approximate surface area is 336 Å². The maximum atomic E-state index is 12.8. The zero-order valence-electron chi connectivity index (χ0n) is 33.1. The molecular weight excluding hydrogens is 747 g/mol. The smallest absolute Gasteiger partial charge is 0.404 e. The molecule has 1 aliphatic rings. The normalized spacial score (nSPS) is 13.2. The van der Waals surface area contributed by atoms with Gasteiger partial charge in [0.25, 0.3) is 0 Å². The predicted molar refractivity (Wildman–Crippen MR) is 199 cm³/mol. The Hall–Kier alpha value is -2.98. The quantitative estimate of drug-likeness (QED) is 0.0600. The summed E-state index contributed by atoms with van der Waals surface area (Å²) in [5, 5.41) is 7.87. The average Bonchev–Trinajstić information content (AvgIpc) is 3.05. The van der Waals surface area contributed by atoms with Gasteiger partial charge in [-0.25, -0.2) is 10.7 Å². The van der Waals surface area contributed by atoms with Crippen LogP contribution in [0.3, 0.4) is 0 Å². The van der Waals surface area contributed by atoms with E-state index in [1.807, 2.05) is 27.7 Å². The number of ether oxygens (including phenoxy) is 1. The van der Waals surface area contributed by atoms with E-state index in [0.717, 1.165) is 18.4 Å². The number of hydrogen-bond donors (Lipinski definition) is 5. The molecule has 6 amide bonds. The molecule has 1 fully saturated rings. The second kappa shape index (κ2) is 28.5. The van der Waals surface area contributed by atoms with E-state index in [1.54, 1.807) is 52.0 Å². The number of benzene rings is 1. The Bertz CT molecular complexity index is 1200. The van der Waals surface area contributed by atoms with Crippen LogP contribution < -0.4 is 27.6 Å². The first-order chi connectivity index (χ1) is 23.9. The first-order valence-corrected chi connectivity index (χ1v) is 17.6. The molecule has 1 heterocycles. The number of nitrogens with one attached hydrogen (secondary N) is 3. The molecule has 0 aliphatic carbocycles. The summed E-state index contributed by atoms with van der Waals surface area (Å²) in [6.07, 6.45) is 4.14. The van der Waals surface area contributed by atoms with Crippen molar-refractivity contribution in [2.45, 2.75) is 126 Å². The van der Waals surface area contributed by atoms with E-state index < -0.39 is 17.0 Å². The van der Waals surface area contributed by atoms with Gasteiger partial charge in [0.05, 0.1) is 6.54 Å². The molecule has 0 spiro atoms. The molecule has 0 unspecified atom stereocenters. The van der Waals surface area contributed by atoms with Gasteiger partial charge in [0.1, 0.15) is 6.61 Å². The number of amides is 6. The van der Waals surface area contributed by atoms with Gasteiger partial charge in [-0.1, -0.05) is 80.4 Å². The fourth-order valence-corrected chi connectivity index (χ4v) is 5.22. The standard InChI is InChI=1S/C22H40N5O5.C9H10N2O3.C3H8.C2H6.Y/c1-7-22(6)12-17(29)27(18(30)13-22)21(4,5)15-20(2,3)19(31)25-14-16(28)24-10-8-9-11-26-32-23;10-9(13)14-5-7-1-3-8(4-2-7)11-6-12;1-3-2;1-2;/h7-15,23H2,1-6H3,(H,24,28)(H,25,31);1-4,6H,5H2,(H2,10,13)(H,11,12);3H2,1-2H3;1-2H3;/q-1;;;;. The van der Waals surface area contributed by atoms with Crippen molar-refractivity contribution in [2.75, 3.05) is 25.0 Å². The van der Waals surface area contributed by atoms with Crippen molar-refractivity contribution in [1.82, 2.24) is 15.5 Å². The van der Waals surface area contributed by atoms with Crippen molar-refractivity contribution in [3.8, 4) is 0 Å². The Morgan fingerprint density at radius 1 is 0.981 bits per heavy atom. The molecular formula is C36H64N7O8Y-. The minimum atomic E-state index is -0.889. The van der Waals surface area contributed by atoms with Crippen LogP contribution in [0.4, 0.5) is 10.5 Å².